The fourth-order valence-electron chi connectivity index (χ4n) is 4.56. The number of hydrogen-bond acceptors (Lipinski definition) is 3. The number of aromatic nitrogens is 1. The average Bonchev–Trinajstić information content (AvgIpc) is 3.62. The van der Waals surface area contributed by atoms with Crippen molar-refractivity contribution in [3.63, 3.8) is 0 Å². The molecule has 36 heavy (non-hydrogen) atoms. The number of aromatic amines is 1. The summed E-state index contributed by atoms with van der Waals surface area (Å²) in [6, 6.07) is 5.21. The van der Waals surface area contributed by atoms with Crippen molar-refractivity contribution < 1.29 is 15.0 Å². The molecule has 1 aromatic carbocycles. The highest BCUT2D eigenvalue weighted by atomic mass is 16.5. The lowest BCUT2D eigenvalue weighted by Gasteiger charge is -2.14. The first kappa shape index (κ1) is 22.8. The van der Waals surface area contributed by atoms with Gasteiger partial charge in [0.2, 0.25) is 0 Å². The first-order valence-corrected chi connectivity index (χ1v) is 14.2. The van der Waals surface area contributed by atoms with E-state index in [0.717, 1.165) is 57.8 Å². The Kier molecular flexibility index (Phi) is 10.9. The Balaban J connectivity index is 1.41. The summed E-state index contributed by atoms with van der Waals surface area (Å²) in [5.74, 6) is -0.0594. The van der Waals surface area contributed by atoms with Gasteiger partial charge in [0.15, 0.2) is 0 Å². The molecule has 1 aromatic heterocycles. The minimum absolute atomic E-state index is 0.180. The number of carbonyl (C=O) groups is 1. The molecule has 1 aliphatic heterocycles. The molecule has 198 valence electrons. The number of nitrogens with one attached hydrogen (secondary N) is 1. The van der Waals surface area contributed by atoms with E-state index >= 15 is 0 Å². The highest BCUT2D eigenvalue weighted by Crippen LogP contribution is 2.30. The minimum atomic E-state index is -2.29. The van der Waals surface area contributed by atoms with Crippen LogP contribution in [-0.2, 0) is 11.2 Å². The molecule has 2 heterocycles. The third-order valence-electron chi connectivity index (χ3n) is 6.68. The lowest BCUT2D eigenvalue weighted by molar-refractivity contribution is -0.134. The van der Waals surface area contributed by atoms with Crippen LogP contribution in [0.4, 0.5) is 0 Å². The van der Waals surface area contributed by atoms with Gasteiger partial charge in [-0.25, -0.2) is 0 Å². The Morgan fingerprint density at radius 2 is 1.72 bits per heavy atom. The van der Waals surface area contributed by atoms with Gasteiger partial charge in [-0.15, -0.1) is 0 Å². The Morgan fingerprint density at radius 1 is 1.00 bits per heavy atom. The number of benzene rings is 1. The molecule has 1 fully saturated rings. The minimum Gasteiger partial charge on any atom is -0.426 e. The Morgan fingerprint density at radius 3 is 2.50 bits per heavy atom. The molecule has 0 amide bonds. The topological polar surface area (TPSA) is 45.3 Å². The van der Waals surface area contributed by atoms with E-state index in [2.05, 4.69) is 36.2 Å². The first-order chi connectivity index (χ1) is 19.3. The summed E-state index contributed by atoms with van der Waals surface area (Å²) in [7, 11) is 0. The summed E-state index contributed by atoms with van der Waals surface area (Å²) < 4.78 is 40.5. The third kappa shape index (κ3) is 10.3. The fraction of sp³-hybridized carbons (Fsp3) is 0.594. The van der Waals surface area contributed by atoms with Gasteiger partial charge < -0.3 is 14.6 Å². The molecule has 0 unspecified atom stereocenters. The van der Waals surface area contributed by atoms with Gasteiger partial charge in [-0.1, -0.05) is 69.4 Å². The van der Waals surface area contributed by atoms with Gasteiger partial charge in [0.05, 0.1) is 0 Å². The maximum absolute atomic E-state index is 12.7. The number of aryl methyl sites for hydroxylation is 1. The van der Waals surface area contributed by atoms with E-state index in [1.54, 1.807) is 23.1 Å². The molecule has 0 bridgehead atoms. The Bertz CT molecular complexity index is 1100. The summed E-state index contributed by atoms with van der Waals surface area (Å²) in [4.78, 5) is 17.3. The molecule has 0 atom stereocenters. The summed E-state index contributed by atoms with van der Waals surface area (Å²) in [6.45, 7) is 1.11. The molecule has 0 aliphatic carbocycles. The van der Waals surface area contributed by atoms with Crippen molar-refractivity contribution in [3.8, 4) is 5.75 Å². The van der Waals surface area contributed by atoms with Gasteiger partial charge >= 0.3 is 5.97 Å². The molecule has 1 N–H and O–H groups in total. The Labute approximate surface area is 224 Å². The highest BCUT2D eigenvalue weighted by molar-refractivity contribution is 5.91. The fourth-order valence-corrected chi connectivity index (χ4v) is 4.56. The van der Waals surface area contributed by atoms with Crippen LogP contribution in [0, 0.1) is 0 Å². The van der Waals surface area contributed by atoms with Crippen LogP contribution in [0.1, 0.15) is 108 Å². The number of H-pyrrole nitrogens is 1. The van der Waals surface area contributed by atoms with Crippen molar-refractivity contribution in [2.24, 2.45) is 0 Å². The molecule has 0 radical (unpaired) electrons. The number of allylic oxidation sites excluding steroid dienone is 4. The van der Waals surface area contributed by atoms with E-state index in [1.165, 1.54) is 31.9 Å². The van der Waals surface area contributed by atoms with Crippen molar-refractivity contribution in [3.05, 3.63) is 54.3 Å². The zero-order chi connectivity index (χ0) is 28.8. The van der Waals surface area contributed by atoms with Crippen molar-refractivity contribution in [2.75, 3.05) is 19.6 Å². The van der Waals surface area contributed by atoms with E-state index in [4.69, 9.17) is 10.2 Å². The maximum atomic E-state index is 12.7. The second-order valence-electron chi connectivity index (χ2n) is 9.77. The normalized spacial score (nSPS) is 17.0. The first-order valence-electron chi connectivity index (χ1n) is 16.2. The van der Waals surface area contributed by atoms with Gasteiger partial charge in [0.1, 0.15) is 5.75 Å². The van der Waals surface area contributed by atoms with Gasteiger partial charge in [-0.3, -0.25) is 4.79 Å². The summed E-state index contributed by atoms with van der Waals surface area (Å²) in [6.07, 6.45) is 22.6. The number of hydrogen-bond donors (Lipinski definition) is 1. The summed E-state index contributed by atoms with van der Waals surface area (Å²) in [5, 5.41) is 0.434. The predicted octanol–water partition coefficient (Wildman–Crippen LogP) is 8.53. The number of rotatable bonds is 18. The van der Waals surface area contributed by atoms with Gasteiger partial charge in [-0.05, 0) is 88.5 Å². The average molecular weight is 497 g/mol. The van der Waals surface area contributed by atoms with Crippen molar-refractivity contribution in [1.29, 1.82) is 0 Å². The monoisotopic (exact) mass is 496 g/mol. The van der Waals surface area contributed by atoms with Crippen molar-refractivity contribution in [1.82, 2.24) is 9.88 Å². The number of carbonyl (C=O) groups excluding carboxylic acids is 1. The molecular weight excluding hydrogens is 444 g/mol. The number of esters is 1. The van der Waals surface area contributed by atoms with Gasteiger partial charge in [-0.2, -0.15) is 0 Å². The van der Waals surface area contributed by atoms with Crippen LogP contribution in [0.15, 0.2) is 48.7 Å². The van der Waals surface area contributed by atoms with Crippen LogP contribution in [-0.4, -0.2) is 35.4 Å². The second-order valence-corrected chi connectivity index (χ2v) is 9.77. The van der Waals surface area contributed by atoms with E-state index in [1.807, 2.05) is 0 Å². The van der Waals surface area contributed by atoms with Crippen LogP contribution < -0.4 is 4.74 Å². The molecule has 4 heteroatoms. The molecular formula is C32H48N2O2. The van der Waals surface area contributed by atoms with Crippen LogP contribution in [0.2, 0.25) is 0 Å². The van der Waals surface area contributed by atoms with E-state index in [0.29, 0.717) is 30.4 Å². The zero-order valence-electron chi connectivity index (χ0n) is 26.2. The quantitative estimate of drug-likeness (QED) is 0.0973. The SMILES string of the molecule is [2H]C([2H])(c1c[nH]c2cccc(OC(=O)CCCCCCC/C=C\C/C=C\CCCCC)c12)C([2H])([2H])N1CCCC1. The van der Waals surface area contributed by atoms with E-state index < -0.39 is 12.9 Å². The third-order valence-corrected chi connectivity index (χ3v) is 6.68. The van der Waals surface area contributed by atoms with Gasteiger partial charge in [0.25, 0.3) is 0 Å². The number of ether oxygens (including phenoxy) is 1. The van der Waals surface area contributed by atoms with Crippen molar-refractivity contribution in [2.45, 2.75) is 103 Å². The molecule has 4 nitrogen and oxygen atoms in total. The van der Waals surface area contributed by atoms with Crippen LogP contribution in [0.3, 0.4) is 0 Å². The standard InChI is InChI=1S/C32H48N2O2/c1-2-3-4-5-6-7-8-9-10-11-12-13-14-15-16-22-31(35)36-30-21-19-20-29-32(30)28(27-33-29)23-26-34-24-17-18-25-34/h6-7,9-10,19-21,27,33H,2-5,8,11-18,22-26H2,1H3/b7-6-,10-9-/i23D2,26D2. The van der Waals surface area contributed by atoms with E-state index in [9.17, 15) is 4.79 Å². The zero-order valence-corrected chi connectivity index (χ0v) is 22.2. The molecule has 3 rings (SSSR count). The highest BCUT2D eigenvalue weighted by Gasteiger charge is 2.15. The number of fused-ring (bicyclic) bond motifs is 1. The molecule has 1 aliphatic rings. The molecule has 1 saturated heterocycles. The largest absolute Gasteiger partial charge is 0.426 e. The van der Waals surface area contributed by atoms with Crippen LogP contribution in [0.25, 0.3) is 10.9 Å². The molecule has 0 spiro atoms. The second kappa shape index (κ2) is 17.2. The number of nitrogens with zero attached hydrogens (tertiary/aromatic N) is 1. The summed E-state index contributed by atoms with van der Waals surface area (Å²) in [5.41, 5.74) is 0.804. The van der Waals surface area contributed by atoms with Crippen molar-refractivity contribution >= 4 is 16.9 Å². The van der Waals surface area contributed by atoms with Crippen LogP contribution >= 0.6 is 0 Å². The summed E-state index contributed by atoms with van der Waals surface area (Å²) >= 11 is 0. The smallest absolute Gasteiger partial charge is 0.311 e. The van der Waals surface area contributed by atoms with E-state index in [-0.39, 0.29) is 17.3 Å². The van der Waals surface area contributed by atoms with Crippen LogP contribution in [0.5, 0.6) is 5.75 Å². The predicted molar refractivity (Wildman–Crippen MR) is 153 cm³/mol. The number of unbranched alkanes of at least 4 members (excludes halogenated alkanes) is 8. The lowest BCUT2D eigenvalue weighted by Crippen LogP contribution is -2.21. The molecule has 0 saturated carbocycles. The van der Waals surface area contributed by atoms with Gasteiger partial charge in [0, 0.05) is 35.5 Å². The lowest BCUT2D eigenvalue weighted by atomic mass is 10.1. The molecule has 2 aromatic rings. The number of likely N-dealkylation sites (tertiary alicyclic amines) is 1. The Hall–Kier alpha value is -2.33. The maximum Gasteiger partial charge on any atom is 0.311 e.